The van der Waals surface area contributed by atoms with Crippen molar-refractivity contribution in [2.45, 2.75) is 166 Å². The summed E-state index contributed by atoms with van der Waals surface area (Å²) < 4.78 is 146. The third-order valence-electron chi connectivity index (χ3n) is 19.5. The number of benzene rings is 8. The summed E-state index contributed by atoms with van der Waals surface area (Å²) in [5.41, 5.74) is 16.6. The smallest absolute Gasteiger partial charge is 0.389 e. The Hall–Kier alpha value is -11.0. The number of ether oxygens (including phenoxy) is 1. The van der Waals surface area contributed by atoms with Gasteiger partial charge in [-0.3, -0.25) is 28.3 Å². The molecule has 0 radical (unpaired) electrons. The van der Waals surface area contributed by atoms with E-state index in [4.69, 9.17) is 14.9 Å². The van der Waals surface area contributed by atoms with Crippen molar-refractivity contribution in [2.24, 2.45) is 28.7 Å². The van der Waals surface area contributed by atoms with E-state index < -0.39 is 64.2 Å². The number of hydrogen-bond donors (Lipinski definition) is 0. The maximum atomic E-state index is 12.5. The fourth-order valence-electron chi connectivity index (χ4n) is 13.3. The lowest BCUT2D eigenvalue weighted by atomic mass is 10.0. The van der Waals surface area contributed by atoms with Crippen LogP contribution in [0.4, 0.5) is 13.2 Å². The van der Waals surface area contributed by atoms with Crippen molar-refractivity contribution in [3.8, 4) is 89.5 Å². The van der Waals surface area contributed by atoms with E-state index in [9.17, 15) is 56.4 Å². The Balaban J connectivity index is 0.000000170. The zero-order valence-corrected chi connectivity index (χ0v) is 74.7. The van der Waals surface area contributed by atoms with Gasteiger partial charge in [-0.05, 0) is 183 Å². The number of rotatable bonds is 26. The van der Waals surface area contributed by atoms with Crippen LogP contribution in [0.3, 0.4) is 0 Å². The quantitative estimate of drug-likeness (QED) is 0.0456. The first-order chi connectivity index (χ1) is 56.6. The van der Waals surface area contributed by atoms with Gasteiger partial charge in [0.25, 0.3) is 0 Å². The number of ketones is 2. The number of aromatic nitrogens is 8. The minimum atomic E-state index is -4.40. The second kappa shape index (κ2) is 38.4. The van der Waals surface area contributed by atoms with Crippen LogP contribution in [0.15, 0.2) is 243 Å². The second-order valence-electron chi connectivity index (χ2n) is 33.3. The molecule has 0 aliphatic carbocycles. The molecule has 0 saturated heterocycles. The normalized spacial score (nSPS) is 13.0. The lowest BCUT2D eigenvalue weighted by Gasteiger charge is -2.11. The highest BCUT2D eigenvalue weighted by atomic mass is 32.2. The van der Waals surface area contributed by atoms with Gasteiger partial charge in [0.2, 0.25) is 5.90 Å². The molecule has 0 N–H and O–H groups in total. The van der Waals surface area contributed by atoms with Crippen LogP contribution in [-0.4, -0.2) is 134 Å². The molecule has 0 amide bonds. The lowest BCUT2D eigenvalue weighted by molar-refractivity contribution is -0.133. The summed E-state index contributed by atoms with van der Waals surface area (Å²) in [5.74, 6) is 1.82. The number of Topliss-reactive ketones (excluding diaryl/α,β-unsaturated/α-hetero) is 2. The number of halogens is 3. The first kappa shape index (κ1) is 92.3. The largest absolute Gasteiger partial charge is 0.474 e. The van der Waals surface area contributed by atoms with Crippen molar-refractivity contribution in [2.75, 3.05) is 31.6 Å². The Kier molecular flexibility index (Phi) is 29.3. The fourth-order valence-corrected chi connectivity index (χ4v) is 16.0. The van der Waals surface area contributed by atoms with Crippen LogP contribution in [0.5, 0.6) is 0 Å². The molecule has 27 heteroatoms. The van der Waals surface area contributed by atoms with Gasteiger partial charge in [0, 0.05) is 64.5 Å². The lowest BCUT2D eigenvalue weighted by Crippen LogP contribution is -2.17. The van der Waals surface area contributed by atoms with E-state index in [-0.39, 0.29) is 27.8 Å². The van der Waals surface area contributed by atoms with Gasteiger partial charge in [0.05, 0.1) is 60.0 Å². The van der Waals surface area contributed by atoms with Crippen molar-refractivity contribution in [1.82, 2.24) is 39.1 Å². The number of sulfone groups is 4. The molecule has 13 rings (SSSR count). The van der Waals surface area contributed by atoms with Gasteiger partial charge >= 0.3 is 6.18 Å². The van der Waals surface area contributed by atoms with Crippen LogP contribution >= 0.6 is 0 Å². The van der Waals surface area contributed by atoms with Crippen LogP contribution in [0, 0.1) is 23.7 Å². The topological polar surface area (TPSA) is 264 Å². The van der Waals surface area contributed by atoms with Gasteiger partial charge < -0.3 is 4.74 Å². The molecule has 0 spiro atoms. The second-order valence-corrected chi connectivity index (χ2v) is 41.3. The Morgan fingerprint density at radius 2 is 0.678 bits per heavy atom. The maximum absolute atomic E-state index is 12.5. The summed E-state index contributed by atoms with van der Waals surface area (Å²) in [5, 5.41) is 18.3. The molecule has 4 aromatic heterocycles. The number of carbonyl (C=O) groups excluding carboxylic acids is 2. The van der Waals surface area contributed by atoms with Gasteiger partial charge in [-0.1, -0.05) is 215 Å². The van der Waals surface area contributed by atoms with E-state index in [0.29, 0.717) is 68.8 Å². The Labute approximate surface area is 709 Å². The summed E-state index contributed by atoms with van der Waals surface area (Å²) in [6.07, 6.45) is -1.41. The van der Waals surface area contributed by atoms with E-state index in [1.165, 1.54) is 37.8 Å². The summed E-state index contributed by atoms with van der Waals surface area (Å²) in [6, 6.07) is 66.7. The van der Waals surface area contributed by atoms with Crippen LogP contribution in [-0.2, 0) is 70.3 Å². The summed E-state index contributed by atoms with van der Waals surface area (Å²) in [4.78, 5) is 29.9. The van der Waals surface area contributed by atoms with Gasteiger partial charge in [0.15, 0.2) is 50.9 Å². The summed E-state index contributed by atoms with van der Waals surface area (Å²) in [6.45, 7) is 30.2. The number of hydrogen-bond acceptors (Lipinski definition) is 16. The number of carbonyl (C=O) groups is 2. The first-order valence-electron chi connectivity index (χ1n) is 39.9. The molecule has 8 aromatic carbocycles. The first-order valence-corrected chi connectivity index (χ1v) is 47.5. The Bertz CT molecular complexity index is 6200. The molecular weight excluding hydrogens is 1620 g/mol. The van der Waals surface area contributed by atoms with Crippen molar-refractivity contribution >= 4 is 56.8 Å². The third-order valence-corrected chi connectivity index (χ3v) is 23.9. The predicted molar refractivity (Wildman–Crippen MR) is 474 cm³/mol. The molecule has 0 saturated carbocycles. The van der Waals surface area contributed by atoms with Crippen LogP contribution < -0.4 is 0 Å². The Morgan fingerprint density at radius 3 is 0.967 bits per heavy atom. The predicted octanol–water partition coefficient (Wildman–Crippen LogP) is 20.5. The van der Waals surface area contributed by atoms with Gasteiger partial charge in [-0.2, -0.15) is 33.6 Å². The average molecular weight is 1720 g/mol. The number of nitrogens with zero attached hydrogens (tertiary/aromatic N) is 9. The van der Waals surface area contributed by atoms with Crippen LogP contribution in [0.2, 0.25) is 0 Å². The highest BCUT2D eigenvalue weighted by molar-refractivity contribution is 7.91. The van der Waals surface area contributed by atoms with Gasteiger partial charge in [-0.25, -0.2) is 38.7 Å². The van der Waals surface area contributed by atoms with Gasteiger partial charge in [-0.15, -0.1) is 0 Å². The molecule has 0 bridgehead atoms. The SMILES string of the molecule is CC(=O)c1cc(-c2ccc(-c3cccc(S(C)(=O)=O)c3)cc2)n(CC(C)C)n1.CC(C)Cn1nc(C(=O)CCC(F)(F)F)cc1-c1ccc(-c2cccc(S(C)(=O)=O)c2)cc1.CC(C)Cn1nc(C(C)C)cc1-c1ccc(-c2cccc(S(C)(=O)=O)c2)cc1.CC(C)Cn1nc(C2=NC(C)(C)CO2)cc1-c1ccc(-c2cccc(S(C)(=O)=O)c2)cc1. The van der Waals surface area contributed by atoms with E-state index in [1.807, 2.05) is 158 Å². The van der Waals surface area contributed by atoms with Crippen LogP contribution in [0.25, 0.3) is 89.5 Å². The molecule has 0 fully saturated rings. The van der Waals surface area contributed by atoms with E-state index in [0.717, 1.165) is 121 Å². The van der Waals surface area contributed by atoms with Crippen molar-refractivity contribution < 1.29 is 61.2 Å². The standard InChI is InChI=1S/C25H29N3O3S.C24H25F3N2O3S.C23H28N2O2S.C22H24N2O3S/c1-17(2)15-28-23(14-22(27-28)24-26-25(3,4)16-31-24)19-11-9-18(10-12-19)20-7-6-8-21(13-20)32(5,29)30;1-16(2)15-29-22(14-21(28-29)23(30)11-12-24(25,26)27)18-9-7-17(8-10-18)19-5-4-6-20(13-19)33(3,31)32;1-16(2)15-25-23(14-22(24-25)17(3)4)19-11-9-18(10-12-19)20-7-6-8-21(13-20)28(5,26)27;1-15(2)14-24-22(13-21(23-24)16(3)25)18-10-8-17(9-11-18)19-6-5-7-20(12-19)28(4,26)27/h6-14,17H,15-16H2,1-5H3;4-10,13-14,16H,11-12,15H2,1-3H3;6-14,16-17H,15H2,1-5H3;5-13,15H,14H2,1-4H3. The molecule has 1 aliphatic heterocycles. The monoisotopic (exact) mass is 1720 g/mol. The molecule has 12 aromatic rings. The van der Waals surface area contributed by atoms with Crippen molar-refractivity contribution in [3.63, 3.8) is 0 Å². The average Bonchev–Trinajstić information content (AvgIpc) is 1.66. The molecule has 1 aliphatic rings. The molecule has 0 atom stereocenters. The zero-order chi connectivity index (χ0) is 88.4. The highest BCUT2D eigenvalue weighted by Crippen LogP contribution is 2.35. The third kappa shape index (κ3) is 25.3. The summed E-state index contributed by atoms with van der Waals surface area (Å²) in [7, 11) is -13.1. The zero-order valence-electron chi connectivity index (χ0n) is 71.4. The molecule has 121 heavy (non-hydrogen) atoms. The number of alkyl halides is 3. The van der Waals surface area contributed by atoms with E-state index in [2.05, 4.69) is 93.5 Å². The molecule has 0 unspecified atom stereocenters. The molecular formula is C94H106F3N9O11S4. The molecule has 5 heterocycles. The van der Waals surface area contributed by atoms with Crippen LogP contribution in [0.1, 0.15) is 141 Å². The maximum Gasteiger partial charge on any atom is 0.389 e. The Morgan fingerprint density at radius 1 is 0.388 bits per heavy atom. The molecule has 638 valence electrons. The minimum absolute atomic E-state index is 0.0137. The highest BCUT2D eigenvalue weighted by Gasteiger charge is 2.31. The molecule has 20 nitrogen and oxygen atoms in total. The minimum Gasteiger partial charge on any atom is -0.474 e. The van der Waals surface area contributed by atoms with E-state index in [1.54, 1.807) is 71.4 Å². The summed E-state index contributed by atoms with van der Waals surface area (Å²) >= 11 is 0. The van der Waals surface area contributed by atoms with Crippen molar-refractivity contribution in [3.05, 3.63) is 241 Å². The van der Waals surface area contributed by atoms with Gasteiger partial charge in [0.1, 0.15) is 23.7 Å². The fraction of sp³-hybridized carbons (Fsp3) is 0.330. The van der Waals surface area contributed by atoms with Crippen molar-refractivity contribution in [1.29, 1.82) is 0 Å². The van der Waals surface area contributed by atoms with E-state index >= 15 is 0 Å². The number of aliphatic imine (C=N–C) groups is 1.